The van der Waals surface area contributed by atoms with E-state index in [4.69, 9.17) is 9.47 Å². The molecular weight excluding hydrogens is 304 g/mol. The first-order valence-electron chi connectivity index (χ1n) is 9.32. The molecule has 6 unspecified atom stereocenters. The van der Waals surface area contributed by atoms with Crippen molar-refractivity contribution >= 4 is 5.78 Å². The number of hydrogen-bond donors (Lipinski definition) is 1. The van der Waals surface area contributed by atoms with Gasteiger partial charge in [-0.15, -0.1) is 0 Å². The number of carbonyl (C=O) groups excluding carboxylic acids is 1. The lowest BCUT2D eigenvalue weighted by Gasteiger charge is -2.48. The second-order valence-corrected chi connectivity index (χ2v) is 9.53. The molecule has 0 spiro atoms. The van der Waals surface area contributed by atoms with Gasteiger partial charge >= 0.3 is 0 Å². The van der Waals surface area contributed by atoms with Crippen LogP contribution in [0.3, 0.4) is 0 Å². The van der Waals surface area contributed by atoms with E-state index in [2.05, 4.69) is 34.3 Å². The fourth-order valence-electron chi connectivity index (χ4n) is 5.46. The largest absolute Gasteiger partial charge is 0.392 e. The van der Waals surface area contributed by atoms with E-state index in [-0.39, 0.29) is 46.4 Å². The molecule has 4 aliphatic rings. The minimum Gasteiger partial charge on any atom is -0.392 e. The van der Waals surface area contributed by atoms with Crippen molar-refractivity contribution in [2.45, 2.75) is 89.3 Å². The monoisotopic (exact) mass is 334 g/mol. The van der Waals surface area contributed by atoms with Crippen LogP contribution in [0.15, 0.2) is 12.2 Å². The van der Waals surface area contributed by atoms with Crippen molar-refractivity contribution in [3.05, 3.63) is 12.2 Å². The van der Waals surface area contributed by atoms with E-state index in [9.17, 15) is 9.90 Å². The van der Waals surface area contributed by atoms with Crippen LogP contribution in [-0.2, 0) is 14.3 Å². The lowest BCUT2D eigenvalue weighted by atomic mass is 9.56. The zero-order chi connectivity index (χ0) is 17.5. The normalized spacial score (nSPS) is 53.3. The Hall–Kier alpha value is -0.710. The van der Waals surface area contributed by atoms with E-state index in [1.54, 1.807) is 0 Å². The highest BCUT2D eigenvalue weighted by Crippen LogP contribution is 2.56. The molecule has 4 nitrogen and oxygen atoms in total. The minimum atomic E-state index is -0.583. The van der Waals surface area contributed by atoms with Gasteiger partial charge in [0, 0.05) is 18.8 Å². The first kappa shape index (κ1) is 16.7. The van der Waals surface area contributed by atoms with Crippen molar-refractivity contribution in [1.29, 1.82) is 0 Å². The molecule has 0 aromatic carbocycles. The number of carbonyl (C=O) groups is 1. The quantitative estimate of drug-likeness (QED) is 0.546. The molecule has 2 saturated carbocycles. The topological polar surface area (TPSA) is 62.4 Å². The van der Waals surface area contributed by atoms with Crippen molar-refractivity contribution in [3.8, 4) is 0 Å². The molecule has 4 rings (SSSR count). The molecule has 0 aromatic rings. The molecule has 1 N–H and O–H groups in total. The minimum absolute atomic E-state index is 0.0618. The summed E-state index contributed by atoms with van der Waals surface area (Å²) >= 11 is 0. The van der Waals surface area contributed by atoms with Gasteiger partial charge in [0.25, 0.3) is 0 Å². The molecule has 2 bridgehead atoms. The summed E-state index contributed by atoms with van der Waals surface area (Å²) in [6.45, 7) is 12.7. The summed E-state index contributed by atoms with van der Waals surface area (Å²) in [6, 6.07) is 0. The van der Waals surface area contributed by atoms with Gasteiger partial charge in [0.05, 0.1) is 29.5 Å². The number of ketones is 1. The second kappa shape index (κ2) is 4.93. The number of Topliss-reactive ketones (excluding diaryl/α,β-unsaturated/α-hetero) is 1. The highest BCUT2D eigenvalue weighted by Gasteiger charge is 2.61. The van der Waals surface area contributed by atoms with Crippen LogP contribution < -0.4 is 0 Å². The Balaban J connectivity index is 1.68. The zero-order valence-corrected chi connectivity index (χ0v) is 15.3. The lowest BCUT2D eigenvalue weighted by Crippen LogP contribution is -2.48. The average Bonchev–Trinajstić information content (AvgIpc) is 3.30. The van der Waals surface area contributed by atoms with Crippen LogP contribution in [0, 0.1) is 17.3 Å². The van der Waals surface area contributed by atoms with Gasteiger partial charge in [-0.2, -0.15) is 0 Å². The van der Waals surface area contributed by atoms with Gasteiger partial charge in [-0.25, -0.2) is 0 Å². The molecule has 7 atom stereocenters. The van der Waals surface area contributed by atoms with Crippen molar-refractivity contribution < 1.29 is 19.4 Å². The Bertz CT molecular complexity index is 596. The predicted molar refractivity (Wildman–Crippen MR) is 90.6 cm³/mol. The molecule has 2 aliphatic heterocycles. The molecule has 2 aliphatic carbocycles. The van der Waals surface area contributed by atoms with Gasteiger partial charge in [0.1, 0.15) is 0 Å². The van der Waals surface area contributed by atoms with E-state index in [1.165, 1.54) is 0 Å². The van der Waals surface area contributed by atoms with Crippen molar-refractivity contribution in [2.24, 2.45) is 17.3 Å². The van der Waals surface area contributed by atoms with Crippen molar-refractivity contribution in [1.82, 2.24) is 0 Å². The van der Waals surface area contributed by atoms with Crippen LogP contribution in [0.25, 0.3) is 0 Å². The highest BCUT2D eigenvalue weighted by atomic mass is 16.6. The number of ether oxygens (including phenoxy) is 2. The number of aliphatic hydroxyl groups is 1. The summed E-state index contributed by atoms with van der Waals surface area (Å²) in [5, 5.41) is 11.0. The smallest absolute Gasteiger partial charge is 0.158 e. The summed E-state index contributed by atoms with van der Waals surface area (Å²) in [5.41, 5.74) is 0.0949. The van der Waals surface area contributed by atoms with E-state index < -0.39 is 6.10 Å². The van der Waals surface area contributed by atoms with Gasteiger partial charge in [-0.3, -0.25) is 4.79 Å². The predicted octanol–water partition coefficient (Wildman–Crippen LogP) is 3.02. The van der Waals surface area contributed by atoms with Crippen LogP contribution in [0.5, 0.6) is 0 Å². The Morgan fingerprint density at radius 3 is 2.50 bits per heavy atom. The first-order chi connectivity index (χ1) is 11.1. The van der Waals surface area contributed by atoms with Gasteiger partial charge in [0.15, 0.2) is 5.78 Å². The van der Waals surface area contributed by atoms with Gasteiger partial charge in [-0.1, -0.05) is 20.4 Å². The molecular formula is C20H30O4. The summed E-state index contributed by atoms with van der Waals surface area (Å²) in [7, 11) is 0. The lowest BCUT2D eigenvalue weighted by molar-refractivity contribution is -0.124. The first-order valence-corrected chi connectivity index (χ1v) is 9.32. The van der Waals surface area contributed by atoms with Crippen LogP contribution >= 0.6 is 0 Å². The third kappa shape index (κ3) is 2.41. The number of aliphatic hydroxyl groups excluding tert-OH is 1. The van der Waals surface area contributed by atoms with Crippen LogP contribution in [0.1, 0.15) is 59.8 Å². The standard InChI is InChI=1S/C20H30O4/c1-11-13(21)8-12-9-16-19(4,24-16)7-6-15-20(5,23-15)10-14(22)17(11)18(12,2)3/h12,14-17,22H,1,6-10H2,2-5H3/t12?,14-,15?,16?,17?,19?,20?/m0/s1. The summed E-state index contributed by atoms with van der Waals surface area (Å²) in [5.74, 6) is 0.140. The van der Waals surface area contributed by atoms with Gasteiger partial charge < -0.3 is 14.6 Å². The number of hydrogen-bond acceptors (Lipinski definition) is 4. The molecule has 4 heteroatoms. The summed E-state index contributed by atoms with van der Waals surface area (Å²) in [4.78, 5) is 12.5. The Morgan fingerprint density at radius 2 is 1.79 bits per heavy atom. The van der Waals surface area contributed by atoms with Crippen LogP contribution in [0.2, 0.25) is 0 Å². The summed E-state index contributed by atoms with van der Waals surface area (Å²) < 4.78 is 12.0. The number of rotatable bonds is 0. The van der Waals surface area contributed by atoms with E-state index in [0.29, 0.717) is 18.4 Å². The van der Waals surface area contributed by atoms with E-state index >= 15 is 0 Å². The van der Waals surface area contributed by atoms with E-state index in [1.807, 2.05) is 0 Å². The van der Waals surface area contributed by atoms with Crippen LogP contribution in [0.4, 0.5) is 0 Å². The molecule has 0 amide bonds. The molecule has 2 saturated heterocycles. The van der Waals surface area contributed by atoms with Crippen molar-refractivity contribution in [2.75, 3.05) is 0 Å². The second-order valence-electron chi connectivity index (χ2n) is 9.53. The maximum atomic E-state index is 12.5. The molecule has 2 heterocycles. The van der Waals surface area contributed by atoms with Gasteiger partial charge in [-0.05, 0) is 50.0 Å². The molecule has 24 heavy (non-hydrogen) atoms. The molecule has 4 fully saturated rings. The van der Waals surface area contributed by atoms with Crippen LogP contribution in [-0.4, -0.2) is 40.4 Å². The molecule has 0 radical (unpaired) electrons. The Labute approximate surface area is 144 Å². The number of epoxide rings is 2. The fourth-order valence-corrected chi connectivity index (χ4v) is 5.46. The highest BCUT2D eigenvalue weighted by molar-refractivity contribution is 5.96. The third-order valence-corrected chi connectivity index (χ3v) is 7.49. The maximum absolute atomic E-state index is 12.5. The number of fused-ring (bicyclic) bond motifs is 4. The van der Waals surface area contributed by atoms with Crippen molar-refractivity contribution in [3.63, 3.8) is 0 Å². The summed E-state index contributed by atoms with van der Waals surface area (Å²) in [6.07, 6.45) is 3.81. The SMILES string of the molecule is C=C1C(=O)CC2CC3OC3(C)CCC3OC3(C)C[C@H](O)C1C2(C)C. The maximum Gasteiger partial charge on any atom is 0.158 e. The molecule has 134 valence electrons. The van der Waals surface area contributed by atoms with Gasteiger partial charge in [0.2, 0.25) is 0 Å². The third-order valence-electron chi connectivity index (χ3n) is 7.49. The Kier molecular flexibility index (Phi) is 3.44. The average molecular weight is 334 g/mol. The zero-order valence-electron chi connectivity index (χ0n) is 15.3. The molecule has 0 aromatic heterocycles. The fraction of sp³-hybridized carbons (Fsp3) is 0.850. The Morgan fingerprint density at radius 1 is 1.12 bits per heavy atom. The van der Waals surface area contributed by atoms with E-state index in [0.717, 1.165) is 19.3 Å².